The average molecular weight is 168 g/mol. The van der Waals surface area contributed by atoms with E-state index in [-0.39, 0.29) is 6.16 Å². The number of rotatable bonds is 5. The molecule has 0 saturated heterocycles. The zero-order valence-corrected chi connectivity index (χ0v) is 6.89. The number of hydrogen-bond acceptors (Lipinski definition) is 3. The molecule has 5 N–H and O–H groups in total. The molecule has 10 heavy (non-hydrogen) atoms. The highest BCUT2D eigenvalue weighted by molar-refractivity contribution is 7.57. The molecule has 0 amide bonds. The minimum atomic E-state index is -3.73. The maximum atomic E-state index is 10.3. The molecule has 5 heteroatoms. The standard InChI is InChI=1S/C5H14NO3P/c6-4-2-1-3-5-10(7,8)9/h1-6H2,(H2,7,8,9)/p+1. The van der Waals surface area contributed by atoms with Crippen LogP contribution in [-0.4, -0.2) is 22.5 Å². The van der Waals surface area contributed by atoms with Crippen molar-refractivity contribution in [2.45, 2.75) is 19.3 Å². The second-order valence-corrected chi connectivity index (χ2v) is 4.08. The highest BCUT2D eigenvalue weighted by atomic mass is 31.2. The molecule has 0 aromatic carbocycles. The van der Waals surface area contributed by atoms with E-state index in [4.69, 9.17) is 9.79 Å². The van der Waals surface area contributed by atoms with E-state index < -0.39 is 7.94 Å². The molecule has 0 radical (unpaired) electrons. The third kappa shape index (κ3) is 8.27. The van der Waals surface area contributed by atoms with Crippen LogP contribution in [0.4, 0.5) is 0 Å². The van der Waals surface area contributed by atoms with Crippen LogP contribution in [0.3, 0.4) is 0 Å². The summed E-state index contributed by atoms with van der Waals surface area (Å²) < 4.78 is 0. The van der Waals surface area contributed by atoms with E-state index in [2.05, 4.69) is 5.73 Å². The fourth-order valence-corrected chi connectivity index (χ4v) is 1.31. The van der Waals surface area contributed by atoms with E-state index in [1.165, 1.54) is 0 Å². The molecule has 62 valence electrons. The molecule has 0 fully saturated rings. The second-order valence-electron chi connectivity index (χ2n) is 2.30. The van der Waals surface area contributed by atoms with Gasteiger partial charge in [-0.3, -0.25) is 0 Å². The van der Waals surface area contributed by atoms with Gasteiger partial charge in [0, 0.05) is 0 Å². The van der Waals surface area contributed by atoms with Crippen molar-refractivity contribution in [1.82, 2.24) is 0 Å². The van der Waals surface area contributed by atoms with Gasteiger partial charge in [-0.25, -0.2) is 9.79 Å². The Morgan fingerprint density at radius 1 is 1.20 bits per heavy atom. The van der Waals surface area contributed by atoms with Crippen molar-refractivity contribution in [2.24, 2.45) is 0 Å². The van der Waals surface area contributed by atoms with Crippen molar-refractivity contribution in [3.05, 3.63) is 0 Å². The van der Waals surface area contributed by atoms with E-state index in [9.17, 15) is 4.89 Å². The third-order valence-corrected chi connectivity index (χ3v) is 2.10. The lowest BCUT2D eigenvalue weighted by Crippen LogP contribution is -2.50. The molecular weight excluding hydrogens is 153 g/mol. The first-order valence-corrected chi connectivity index (χ1v) is 5.20. The van der Waals surface area contributed by atoms with Gasteiger partial charge in [0.2, 0.25) is 7.94 Å². The smallest absolute Gasteiger partial charge is 0.230 e. The Hall–Kier alpha value is 0.270. The van der Waals surface area contributed by atoms with Crippen LogP contribution in [0.5, 0.6) is 0 Å². The molecule has 0 spiro atoms. The SMILES string of the molecule is [NH3+]CCCCC[P+]([O-])(O)O. The summed E-state index contributed by atoms with van der Waals surface area (Å²) in [6.07, 6.45) is 2.46. The topological polar surface area (TPSA) is 91.2 Å². The van der Waals surface area contributed by atoms with Crippen molar-refractivity contribution < 1.29 is 20.4 Å². The zero-order valence-electron chi connectivity index (χ0n) is 5.99. The summed E-state index contributed by atoms with van der Waals surface area (Å²) >= 11 is 0. The average Bonchev–Trinajstić information content (AvgIpc) is 1.78. The normalized spacial score (nSPS) is 12.0. The van der Waals surface area contributed by atoms with Crippen molar-refractivity contribution >= 4 is 7.94 Å². The molecule has 0 atom stereocenters. The van der Waals surface area contributed by atoms with E-state index in [0.29, 0.717) is 6.42 Å². The molecule has 0 heterocycles. The zero-order chi connectivity index (χ0) is 8.04. The second kappa shape index (κ2) is 4.99. The van der Waals surface area contributed by atoms with E-state index in [0.717, 1.165) is 19.4 Å². The lowest BCUT2D eigenvalue weighted by Gasteiger charge is -2.13. The fourth-order valence-electron chi connectivity index (χ4n) is 0.671. The largest absolute Gasteiger partial charge is 0.632 e. The molecule has 0 unspecified atom stereocenters. The Morgan fingerprint density at radius 3 is 2.20 bits per heavy atom. The van der Waals surface area contributed by atoms with Gasteiger partial charge < -0.3 is 10.6 Å². The Kier molecular flexibility index (Phi) is 5.13. The van der Waals surface area contributed by atoms with Crippen molar-refractivity contribution in [3.8, 4) is 0 Å². The molecule has 4 nitrogen and oxygen atoms in total. The Balaban J connectivity index is 3.04. The third-order valence-electron chi connectivity index (χ3n) is 1.20. The molecule has 0 bridgehead atoms. The van der Waals surface area contributed by atoms with Gasteiger partial charge in [-0.1, -0.05) is 0 Å². The van der Waals surface area contributed by atoms with Crippen LogP contribution in [-0.2, 0) is 0 Å². The molecule has 0 aliphatic heterocycles. The Bertz CT molecular complexity index is 83.5. The van der Waals surface area contributed by atoms with Crippen LogP contribution in [0.1, 0.15) is 19.3 Å². The van der Waals surface area contributed by atoms with Crippen LogP contribution in [0.25, 0.3) is 0 Å². The highest BCUT2D eigenvalue weighted by Gasteiger charge is 2.16. The van der Waals surface area contributed by atoms with Gasteiger partial charge in [-0.05, 0) is 19.3 Å². The first-order valence-electron chi connectivity index (χ1n) is 3.40. The van der Waals surface area contributed by atoms with Crippen LogP contribution in [0.15, 0.2) is 0 Å². The van der Waals surface area contributed by atoms with Gasteiger partial charge >= 0.3 is 0 Å². The maximum absolute atomic E-state index is 10.3. The molecule has 0 saturated carbocycles. The van der Waals surface area contributed by atoms with Gasteiger partial charge in [-0.15, -0.1) is 0 Å². The summed E-state index contributed by atoms with van der Waals surface area (Å²) in [5.74, 6) is 0. The minimum Gasteiger partial charge on any atom is -0.632 e. The summed E-state index contributed by atoms with van der Waals surface area (Å²) in [5.41, 5.74) is 3.63. The highest BCUT2D eigenvalue weighted by Crippen LogP contribution is 2.39. The minimum absolute atomic E-state index is 0.0208. The summed E-state index contributed by atoms with van der Waals surface area (Å²) in [4.78, 5) is 27.1. The Labute approximate surface area is 61.3 Å². The van der Waals surface area contributed by atoms with Gasteiger partial charge in [0.25, 0.3) is 0 Å². The summed E-state index contributed by atoms with van der Waals surface area (Å²) in [5, 5.41) is 0. The molecule has 0 aliphatic rings. The molecular formula is C5H15NO3P+. The number of quaternary nitrogens is 1. The summed E-state index contributed by atoms with van der Waals surface area (Å²) in [6, 6.07) is 0. The fraction of sp³-hybridized carbons (Fsp3) is 1.00. The van der Waals surface area contributed by atoms with Gasteiger partial charge in [0.05, 0.1) is 6.54 Å². The quantitative estimate of drug-likeness (QED) is 0.345. The van der Waals surface area contributed by atoms with Crippen molar-refractivity contribution in [1.29, 1.82) is 0 Å². The van der Waals surface area contributed by atoms with E-state index >= 15 is 0 Å². The summed E-state index contributed by atoms with van der Waals surface area (Å²) in [7, 11) is -3.73. The lowest BCUT2D eigenvalue weighted by molar-refractivity contribution is -0.368. The molecule has 0 rings (SSSR count). The lowest BCUT2D eigenvalue weighted by atomic mass is 10.2. The van der Waals surface area contributed by atoms with Gasteiger partial charge in [0.15, 0.2) is 0 Å². The molecule has 0 aromatic rings. The number of hydrogen-bond donors (Lipinski definition) is 3. The van der Waals surface area contributed by atoms with Crippen LogP contribution >= 0.6 is 7.94 Å². The first kappa shape index (κ1) is 10.3. The van der Waals surface area contributed by atoms with Crippen molar-refractivity contribution in [2.75, 3.05) is 12.7 Å². The summed E-state index contributed by atoms with van der Waals surface area (Å²) in [6.45, 7) is 0.848. The monoisotopic (exact) mass is 168 g/mol. The van der Waals surface area contributed by atoms with E-state index in [1.54, 1.807) is 0 Å². The van der Waals surface area contributed by atoms with Crippen LogP contribution in [0, 0.1) is 0 Å². The predicted octanol–water partition coefficient (Wildman–Crippen LogP) is -1.49. The number of unbranched alkanes of at least 4 members (excludes halogenated alkanes) is 2. The van der Waals surface area contributed by atoms with Crippen LogP contribution < -0.4 is 10.6 Å². The Morgan fingerprint density at radius 2 is 1.80 bits per heavy atom. The predicted molar refractivity (Wildman–Crippen MR) is 37.8 cm³/mol. The maximum Gasteiger partial charge on any atom is 0.230 e. The van der Waals surface area contributed by atoms with Gasteiger partial charge in [-0.2, -0.15) is 0 Å². The van der Waals surface area contributed by atoms with Crippen molar-refractivity contribution in [3.63, 3.8) is 0 Å². The van der Waals surface area contributed by atoms with Gasteiger partial charge in [0.1, 0.15) is 6.16 Å². The first-order chi connectivity index (χ1) is 4.56. The van der Waals surface area contributed by atoms with Crippen LogP contribution in [0.2, 0.25) is 0 Å². The molecule has 0 aliphatic carbocycles. The van der Waals surface area contributed by atoms with E-state index in [1.807, 2.05) is 0 Å². The molecule has 0 aromatic heterocycles.